The van der Waals surface area contributed by atoms with Gasteiger partial charge in [0, 0.05) is 6.42 Å². The van der Waals surface area contributed by atoms with Crippen LogP contribution < -0.4 is 27.4 Å². The average Bonchev–Trinajstić information content (AvgIpc) is 2.76. The maximum atomic E-state index is 12.9. The van der Waals surface area contributed by atoms with Crippen molar-refractivity contribution < 1.29 is 39.3 Å². The van der Waals surface area contributed by atoms with E-state index in [2.05, 4.69) is 16.0 Å². The third-order valence-electron chi connectivity index (χ3n) is 4.63. The van der Waals surface area contributed by atoms with Crippen molar-refractivity contribution >= 4 is 41.4 Å². The normalized spacial score (nSPS) is 14.4. The van der Waals surface area contributed by atoms with Crippen LogP contribution in [0.5, 0.6) is 0 Å². The highest BCUT2D eigenvalue weighted by molar-refractivity contribution is 7.98. The lowest BCUT2D eigenvalue weighted by atomic mass is 10.1. The third-order valence-corrected chi connectivity index (χ3v) is 5.27. The largest absolute Gasteiger partial charge is 0.481 e. The number of nitrogens with one attached hydrogen (secondary N) is 3. The number of hydrogen-bond acceptors (Lipinski definition) is 9. The molecule has 0 aromatic carbocycles. The Bertz CT molecular complexity index is 666. The second-order valence-electron chi connectivity index (χ2n) is 7.31. The van der Waals surface area contributed by atoms with Crippen LogP contribution in [0.15, 0.2) is 0 Å². The molecule has 0 aliphatic heterocycles. The molecule has 0 saturated carbocycles. The van der Waals surface area contributed by atoms with Gasteiger partial charge in [0.15, 0.2) is 0 Å². The van der Waals surface area contributed by atoms with Crippen molar-refractivity contribution in [3.8, 4) is 0 Å². The molecule has 0 spiro atoms. The van der Waals surface area contributed by atoms with Crippen LogP contribution in [0.2, 0.25) is 0 Å². The Labute approximate surface area is 196 Å². The molecule has 33 heavy (non-hydrogen) atoms. The van der Waals surface area contributed by atoms with E-state index in [1.54, 1.807) is 6.26 Å². The van der Waals surface area contributed by atoms with Gasteiger partial charge in [-0.3, -0.25) is 19.2 Å². The number of amides is 3. The van der Waals surface area contributed by atoms with E-state index in [1.165, 1.54) is 11.8 Å². The van der Waals surface area contributed by atoms with Crippen LogP contribution in [-0.2, 0) is 24.0 Å². The maximum absolute atomic E-state index is 12.9. The van der Waals surface area contributed by atoms with Gasteiger partial charge in [0.1, 0.15) is 18.1 Å². The molecule has 0 radical (unpaired) electrons. The third kappa shape index (κ3) is 13.0. The number of thioether (sulfide) groups is 1. The number of hydrogen-bond donors (Lipinski definition) is 8. The number of aliphatic carboxylic acids is 2. The first-order valence-electron chi connectivity index (χ1n) is 10.5. The van der Waals surface area contributed by atoms with Gasteiger partial charge in [-0.05, 0) is 50.7 Å². The second kappa shape index (κ2) is 17.1. The van der Waals surface area contributed by atoms with Gasteiger partial charge < -0.3 is 42.7 Å². The number of carboxylic acids is 2. The highest BCUT2D eigenvalue weighted by Crippen LogP contribution is 2.06. The molecule has 0 aliphatic rings. The van der Waals surface area contributed by atoms with Crippen molar-refractivity contribution in [2.45, 2.75) is 62.7 Å². The summed E-state index contributed by atoms with van der Waals surface area (Å²) in [5, 5.41) is 34.1. The maximum Gasteiger partial charge on any atom is 0.328 e. The molecule has 14 heteroatoms. The molecule has 0 saturated heterocycles. The summed E-state index contributed by atoms with van der Waals surface area (Å²) in [5.41, 5.74) is 11.2. The highest BCUT2D eigenvalue weighted by atomic mass is 32.2. The average molecular weight is 494 g/mol. The molecule has 0 fully saturated rings. The first-order valence-corrected chi connectivity index (χ1v) is 11.9. The van der Waals surface area contributed by atoms with E-state index in [0.29, 0.717) is 25.1 Å². The van der Waals surface area contributed by atoms with Crippen LogP contribution in [0.3, 0.4) is 0 Å². The van der Waals surface area contributed by atoms with Crippen LogP contribution in [0.4, 0.5) is 0 Å². The quantitative estimate of drug-likeness (QED) is 0.0936. The molecular weight excluding hydrogens is 458 g/mol. The summed E-state index contributed by atoms with van der Waals surface area (Å²) in [5.74, 6) is -4.21. The van der Waals surface area contributed by atoms with Gasteiger partial charge in [-0.25, -0.2) is 4.79 Å². The molecule has 10 N–H and O–H groups in total. The van der Waals surface area contributed by atoms with Crippen molar-refractivity contribution in [1.29, 1.82) is 0 Å². The molecule has 4 unspecified atom stereocenters. The Balaban J connectivity index is 5.34. The molecule has 0 bridgehead atoms. The van der Waals surface area contributed by atoms with Crippen molar-refractivity contribution in [3.63, 3.8) is 0 Å². The van der Waals surface area contributed by atoms with Crippen LogP contribution in [0, 0.1) is 0 Å². The Kier molecular flexibility index (Phi) is 15.9. The molecular formula is C19H35N5O8S. The fraction of sp³-hybridized carbons (Fsp3) is 0.737. The van der Waals surface area contributed by atoms with Crippen LogP contribution >= 0.6 is 11.8 Å². The summed E-state index contributed by atoms with van der Waals surface area (Å²) in [6.45, 7) is -0.470. The number of carbonyl (C=O) groups is 5. The number of aliphatic hydroxyl groups is 1. The van der Waals surface area contributed by atoms with E-state index in [0.717, 1.165) is 0 Å². The summed E-state index contributed by atoms with van der Waals surface area (Å²) in [6, 6.07) is -4.83. The lowest BCUT2D eigenvalue weighted by molar-refractivity contribution is -0.143. The van der Waals surface area contributed by atoms with Gasteiger partial charge in [0.2, 0.25) is 17.7 Å². The molecule has 0 aliphatic carbocycles. The standard InChI is InChI=1S/C19H35N5O8S/c1-33-9-7-13(22-16(28)11(21)5-6-15(26)27)18(30)23-12(4-2-3-8-20)17(29)24-14(10-25)19(31)32/h11-14,25H,2-10,20-21H2,1H3,(H,22,28)(H,23,30)(H,24,29)(H,26,27)(H,31,32). The van der Waals surface area contributed by atoms with Crippen LogP contribution in [0.25, 0.3) is 0 Å². The SMILES string of the molecule is CSCCC(NC(=O)C(N)CCC(=O)O)C(=O)NC(CCCCN)C(=O)NC(CO)C(=O)O. The topological polar surface area (TPSA) is 234 Å². The molecule has 190 valence electrons. The van der Waals surface area contributed by atoms with Crippen molar-refractivity contribution in [3.05, 3.63) is 0 Å². The van der Waals surface area contributed by atoms with E-state index in [1.807, 2.05) is 0 Å². The lowest BCUT2D eigenvalue weighted by Gasteiger charge is -2.25. The van der Waals surface area contributed by atoms with Gasteiger partial charge in [-0.1, -0.05) is 0 Å². The number of unbranched alkanes of at least 4 members (excludes halogenated alkanes) is 1. The van der Waals surface area contributed by atoms with Gasteiger partial charge in [-0.2, -0.15) is 11.8 Å². The first-order chi connectivity index (χ1) is 15.6. The summed E-state index contributed by atoms with van der Waals surface area (Å²) < 4.78 is 0. The number of nitrogens with two attached hydrogens (primary N) is 2. The fourth-order valence-electron chi connectivity index (χ4n) is 2.69. The van der Waals surface area contributed by atoms with Gasteiger partial charge >= 0.3 is 11.9 Å². The molecule has 3 amide bonds. The minimum atomic E-state index is -1.54. The van der Waals surface area contributed by atoms with Crippen molar-refractivity contribution in [2.24, 2.45) is 11.5 Å². The molecule has 4 atom stereocenters. The summed E-state index contributed by atoms with van der Waals surface area (Å²) in [7, 11) is 0. The zero-order valence-corrected chi connectivity index (χ0v) is 19.4. The molecule has 0 aromatic rings. The molecule has 0 rings (SSSR count). The number of carbonyl (C=O) groups excluding carboxylic acids is 3. The van der Waals surface area contributed by atoms with Crippen LogP contribution in [-0.4, -0.2) is 94.3 Å². The van der Waals surface area contributed by atoms with E-state index >= 15 is 0 Å². The summed E-state index contributed by atoms with van der Waals surface area (Å²) in [4.78, 5) is 59.5. The zero-order chi connectivity index (χ0) is 25.4. The van der Waals surface area contributed by atoms with E-state index < -0.39 is 60.4 Å². The predicted molar refractivity (Wildman–Crippen MR) is 121 cm³/mol. The molecule has 0 heterocycles. The predicted octanol–water partition coefficient (Wildman–Crippen LogP) is -2.41. The molecule has 13 nitrogen and oxygen atoms in total. The molecule has 0 aromatic heterocycles. The van der Waals surface area contributed by atoms with Crippen LogP contribution in [0.1, 0.15) is 38.5 Å². The lowest BCUT2D eigenvalue weighted by Crippen LogP contribution is -2.57. The number of aliphatic hydroxyl groups excluding tert-OH is 1. The number of rotatable bonds is 18. The minimum absolute atomic E-state index is 0.111. The van der Waals surface area contributed by atoms with Crippen molar-refractivity contribution in [1.82, 2.24) is 16.0 Å². The summed E-state index contributed by atoms with van der Waals surface area (Å²) >= 11 is 1.43. The monoisotopic (exact) mass is 493 g/mol. The van der Waals surface area contributed by atoms with E-state index in [4.69, 9.17) is 26.8 Å². The Morgan fingerprint density at radius 1 is 0.848 bits per heavy atom. The summed E-state index contributed by atoms with van der Waals surface area (Å²) in [6.07, 6.45) is 2.79. The Morgan fingerprint density at radius 2 is 1.39 bits per heavy atom. The van der Waals surface area contributed by atoms with E-state index in [9.17, 15) is 24.0 Å². The highest BCUT2D eigenvalue weighted by Gasteiger charge is 2.29. The number of carboxylic acid groups (broad SMARTS) is 2. The minimum Gasteiger partial charge on any atom is -0.481 e. The zero-order valence-electron chi connectivity index (χ0n) is 18.6. The second-order valence-corrected chi connectivity index (χ2v) is 8.29. The van der Waals surface area contributed by atoms with Crippen molar-refractivity contribution in [2.75, 3.05) is 25.2 Å². The van der Waals surface area contributed by atoms with E-state index in [-0.39, 0.29) is 25.7 Å². The van der Waals surface area contributed by atoms with Gasteiger partial charge in [0.05, 0.1) is 12.6 Å². The van der Waals surface area contributed by atoms with Gasteiger partial charge in [-0.15, -0.1) is 0 Å². The Morgan fingerprint density at radius 3 is 1.88 bits per heavy atom. The first kappa shape index (κ1) is 30.6. The fourth-order valence-corrected chi connectivity index (χ4v) is 3.16. The van der Waals surface area contributed by atoms with Gasteiger partial charge in [0.25, 0.3) is 0 Å². The smallest absolute Gasteiger partial charge is 0.328 e. The Hall–Kier alpha value is -2.42.